The largest absolute Gasteiger partial charge is 0.367 e. The van der Waals surface area contributed by atoms with Gasteiger partial charge in [0.2, 0.25) is 5.88 Å². The number of nitrogens with two attached hydrogens (primary N) is 1. The van der Waals surface area contributed by atoms with Crippen LogP contribution in [0.1, 0.15) is 11.1 Å². The van der Waals surface area contributed by atoms with Crippen LogP contribution < -0.4 is 5.73 Å². The number of hydrogen-bond donors (Lipinski definition) is 1. The summed E-state index contributed by atoms with van der Waals surface area (Å²) in [7, 11) is 0. The van der Waals surface area contributed by atoms with Crippen molar-refractivity contribution in [2.24, 2.45) is 0 Å². The van der Waals surface area contributed by atoms with Crippen LogP contribution in [0.4, 0.5) is 5.88 Å². The molecule has 0 unspecified atom stereocenters. The molecule has 0 amide bonds. The van der Waals surface area contributed by atoms with Gasteiger partial charge in [0.05, 0.1) is 16.8 Å². The Morgan fingerprint density at radius 2 is 2.00 bits per heavy atom. The number of nitrogen functional groups attached to an aromatic ring is 1. The fourth-order valence-corrected chi connectivity index (χ4v) is 1.81. The van der Waals surface area contributed by atoms with E-state index in [-0.39, 0.29) is 0 Å². The molecule has 0 saturated carbocycles. The third kappa shape index (κ3) is 1.70. The average Bonchev–Trinajstić information content (AvgIpc) is 2.58. The van der Waals surface area contributed by atoms with Crippen molar-refractivity contribution in [3.63, 3.8) is 0 Å². The Bertz CT molecular complexity index is 505. The number of anilines is 1. The molecule has 0 aliphatic heterocycles. The lowest BCUT2D eigenvalue weighted by Gasteiger charge is -2.06. The van der Waals surface area contributed by atoms with Crippen LogP contribution in [0, 0.1) is 13.8 Å². The van der Waals surface area contributed by atoms with Gasteiger partial charge in [-0.2, -0.15) is 0 Å². The minimum Gasteiger partial charge on any atom is -0.367 e. The molecular formula is C11H11ClN2O. The Balaban J connectivity index is 2.68. The van der Waals surface area contributed by atoms with Gasteiger partial charge in [0.25, 0.3) is 0 Å². The Morgan fingerprint density at radius 1 is 1.27 bits per heavy atom. The second-order valence-corrected chi connectivity index (χ2v) is 3.93. The fourth-order valence-electron chi connectivity index (χ4n) is 1.60. The SMILES string of the molecule is Cc1cc(C)c(Cl)c(-c2cnoc2N)c1. The first kappa shape index (κ1) is 10.1. The van der Waals surface area contributed by atoms with Crippen molar-refractivity contribution in [2.45, 2.75) is 13.8 Å². The van der Waals surface area contributed by atoms with Crippen LogP contribution in [-0.2, 0) is 0 Å². The normalized spacial score (nSPS) is 10.6. The van der Waals surface area contributed by atoms with Gasteiger partial charge in [-0.25, -0.2) is 0 Å². The molecule has 2 N–H and O–H groups in total. The molecule has 4 heteroatoms. The zero-order chi connectivity index (χ0) is 11.0. The van der Waals surface area contributed by atoms with Crippen LogP contribution in [0.3, 0.4) is 0 Å². The standard InChI is InChI=1S/C11H11ClN2O/c1-6-3-7(2)10(12)8(4-6)9-5-14-15-11(9)13/h3-5H,13H2,1-2H3. The summed E-state index contributed by atoms with van der Waals surface area (Å²) >= 11 is 6.20. The minimum absolute atomic E-state index is 0.293. The van der Waals surface area contributed by atoms with Gasteiger partial charge in [0, 0.05) is 5.56 Å². The van der Waals surface area contributed by atoms with Crippen molar-refractivity contribution >= 4 is 17.5 Å². The summed E-state index contributed by atoms with van der Waals surface area (Å²) in [6, 6.07) is 3.99. The zero-order valence-electron chi connectivity index (χ0n) is 8.54. The number of aryl methyl sites for hydroxylation is 2. The molecule has 0 aliphatic carbocycles. The Morgan fingerprint density at radius 3 is 2.60 bits per heavy atom. The Hall–Kier alpha value is -1.48. The second-order valence-electron chi connectivity index (χ2n) is 3.55. The molecule has 2 aromatic rings. The van der Waals surface area contributed by atoms with Gasteiger partial charge in [0.1, 0.15) is 0 Å². The summed E-state index contributed by atoms with van der Waals surface area (Å²) in [6.45, 7) is 3.97. The van der Waals surface area contributed by atoms with E-state index in [1.54, 1.807) is 6.20 Å². The van der Waals surface area contributed by atoms with Crippen LogP contribution in [-0.4, -0.2) is 5.16 Å². The van der Waals surface area contributed by atoms with E-state index in [9.17, 15) is 0 Å². The minimum atomic E-state index is 0.293. The maximum Gasteiger partial charge on any atom is 0.230 e. The predicted octanol–water partition coefficient (Wildman–Crippen LogP) is 3.19. The Labute approximate surface area is 92.8 Å². The van der Waals surface area contributed by atoms with Gasteiger partial charge in [-0.3, -0.25) is 0 Å². The van der Waals surface area contributed by atoms with Gasteiger partial charge < -0.3 is 10.3 Å². The van der Waals surface area contributed by atoms with Crippen molar-refractivity contribution in [3.05, 3.63) is 34.5 Å². The number of aromatic nitrogens is 1. The molecule has 0 bridgehead atoms. The third-order valence-corrected chi connectivity index (χ3v) is 2.79. The van der Waals surface area contributed by atoms with Crippen molar-refractivity contribution in [1.82, 2.24) is 5.16 Å². The summed E-state index contributed by atoms with van der Waals surface area (Å²) in [6.07, 6.45) is 1.58. The first-order valence-corrected chi connectivity index (χ1v) is 4.94. The molecule has 78 valence electrons. The fraction of sp³-hybridized carbons (Fsp3) is 0.182. The van der Waals surface area contributed by atoms with Crippen molar-refractivity contribution in [3.8, 4) is 11.1 Å². The lowest BCUT2D eigenvalue weighted by Crippen LogP contribution is -1.88. The van der Waals surface area contributed by atoms with Crippen LogP contribution in [0.15, 0.2) is 22.9 Å². The lowest BCUT2D eigenvalue weighted by molar-refractivity contribution is 0.436. The summed E-state index contributed by atoms with van der Waals surface area (Å²) in [4.78, 5) is 0. The highest BCUT2D eigenvalue weighted by atomic mass is 35.5. The van der Waals surface area contributed by atoms with Gasteiger partial charge >= 0.3 is 0 Å². The maximum absolute atomic E-state index is 6.20. The third-order valence-electron chi connectivity index (χ3n) is 2.29. The first-order valence-electron chi connectivity index (χ1n) is 4.57. The topological polar surface area (TPSA) is 52.0 Å². The summed E-state index contributed by atoms with van der Waals surface area (Å²) < 4.78 is 4.82. The molecule has 2 rings (SSSR count). The molecule has 1 aromatic heterocycles. The van der Waals surface area contributed by atoms with E-state index in [1.165, 1.54) is 0 Å². The highest BCUT2D eigenvalue weighted by molar-refractivity contribution is 6.34. The molecule has 0 aliphatic rings. The van der Waals surface area contributed by atoms with Gasteiger partial charge in [-0.1, -0.05) is 28.4 Å². The quantitative estimate of drug-likeness (QED) is 0.806. The summed E-state index contributed by atoms with van der Waals surface area (Å²) in [5.74, 6) is 0.293. The van der Waals surface area contributed by atoms with Crippen LogP contribution in [0.2, 0.25) is 5.02 Å². The lowest BCUT2D eigenvalue weighted by atomic mass is 10.0. The molecule has 0 spiro atoms. The number of nitrogens with zero attached hydrogens (tertiary/aromatic N) is 1. The number of benzene rings is 1. The molecule has 1 aromatic carbocycles. The highest BCUT2D eigenvalue weighted by Crippen LogP contribution is 2.34. The van der Waals surface area contributed by atoms with E-state index in [0.29, 0.717) is 10.9 Å². The molecule has 1 heterocycles. The van der Waals surface area contributed by atoms with E-state index in [2.05, 4.69) is 5.16 Å². The van der Waals surface area contributed by atoms with Gasteiger partial charge in [-0.05, 0) is 25.5 Å². The summed E-state index contributed by atoms with van der Waals surface area (Å²) in [5.41, 5.74) is 9.42. The van der Waals surface area contributed by atoms with Crippen molar-refractivity contribution in [1.29, 1.82) is 0 Å². The maximum atomic E-state index is 6.20. The second kappa shape index (κ2) is 3.59. The van der Waals surface area contributed by atoms with Gasteiger partial charge in [0.15, 0.2) is 0 Å². The van der Waals surface area contributed by atoms with Crippen molar-refractivity contribution in [2.75, 3.05) is 5.73 Å². The molecule has 3 nitrogen and oxygen atoms in total. The van der Waals surface area contributed by atoms with Crippen molar-refractivity contribution < 1.29 is 4.52 Å². The molecular weight excluding hydrogens is 212 g/mol. The zero-order valence-corrected chi connectivity index (χ0v) is 9.30. The highest BCUT2D eigenvalue weighted by Gasteiger charge is 2.12. The summed E-state index contributed by atoms with van der Waals surface area (Å²) in [5, 5.41) is 4.33. The van der Waals surface area contributed by atoms with Crippen LogP contribution in [0.5, 0.6) is 0 Å². The molecule has 0 fully saturated rings. The first-order chi connectivity index (χ1) is 7.09. The van der Waals surface area contributed by atoms with Crippen LogP contribution in [0.25, 0.3) is 11.1 Å². The monoisotopic (exact) mass is 222 g/mol. The van der Waals surface area contributed by atoms with E-state index in [1.807, 2.05) is 26.0 Å². The number of rotatable bonds is 1. The van der Waals surface area contributed by atoms with E-state index in [0.717, 1.165) is 22.3 Å². The predicted molar refractivity (Wildman–Crippen MR) is 60.8 cm³/mol. The number of halogens is 1. The van der Waals surface area contributed by atoms with Gasteiger partial charge in [-0.15, -0.1) is 0 Å². The van der Waals surface area contributed by atoms with Crippen LogP contribution >= 0.6 is 11.6 Å². The molecule has 15 heavy (non-hydrogen) atoms. The molecule has 0 atom stereocenters. The Kier molecular flexibility index (Phi) is 2.40. The number of hydrogen-bond acceptors (Lipinski definition) is 3. The van der Waals surface area contributed by atoms with E-state index >= 15 is 0 Å². The smallest absolute Gasteiger partial charge is 0.230 e. The van der Waals surface area contributed by atoms with E-state index in [4.69, 9.17) is 21.9 Å². The molecule has 0 saturated heterocycles. The average molecular weight is 223 g/mol. The van der Waals surface area contributed by atoms with E-state index < -0.39 is 0 Å². The molecule has 0 radical (unpaired) electrons.